The first-order chi connectivity index (χ1) is 17.4. The van der Waals surface area contributed by atoms with E-state index in [4.69, 9.17) is 0 Å². The predicted molar refractivity (Wildman–Crippen MR) is 129 cm³/mol. The molecule has 0 spiro atoms. The van der Waals surface area contributed by atoms with E-state index in [-0.39, 0.29) is 22.9 Å². The summed E-state index contributed by atoms with van der Waals surface area (Å²) < 4.78 is 42.4. The Balaban J connectivity index is 1.45. The minimum absolute atomic E-state index is 0.0152. The zero-order valence-corrected chi connectivity index (χ0v) is 19.3. The van der Waals surface area contributed by atoms with Crippen LogP contribution in [0.5, 0.6) is 0 Å². The molecule has 6 rings (SSSR count). The molecule has 0 unspecified atom stereocenters. The van der Waals surface area contributed by atoms with Gasteiger partial charge in [-0.05, 0) is 61.2 Å². The summed E-state index contributed by atoms with van der Waals surface area (Å²) in [7, 11) is 0. The van der Waals surface area contributed by atoms with Gasteiger partial charge in [0.1, 0.15) is 11.9 Å². The summed E-state index contributed by atoms with van der Waals surface area (Å²) in [6, 6.07) is 9.32. The summed E-state index contributed by atoms with van der Waals surface area (Å²) in [6.07, 6.45) is 2.29. The summed E-state index contributed by atoms with van der Waals surface area (Å²) in [4.78, 5) is 26.2. The standard InChI is InChI=1S/C25H24F3N7O/c26-25(27,28)14-34-23(36)20-13-31-24(32-18-5-4-15-6-8-29-12-17(15)10-18)33-22(20)35(34)19-7-9-30-21(11-19)16-2-1-3-16/h4-5,7,9-11,13,16,29H,1-3,6,8,12,14H2,(H,31,32,33). The molecule has 0 saturated heterocycles. The molecule has 186 valence electrons. The van der Waals surface area contributed by atoms with Gasteiger partial charge in [-0.15, -0.1) is 0 Å². The summed E-state index contributed by atoms with van der Waals surface area (Å²) in [5.41, 5.74) is 3.73. The first kappa shape index (κ1) is 22.7. The lowest BCUT2D eigenvalue weighted by molar-refractivity contribution is -0.144. The van der Waals surface area contributed by atoms with E-state index in [1.165, 1.54) is 22.0 Å². The number of rotatable bonds is 5. The largest absolute Gasteiger partial charge is 0.408 e. The lowest BCUT2D eigenvalue weighted by Gasteiger charge is -2.25. The smallest absolute Gasteiger partial charge is 0.324 e. The number of nitrogens with one attached hydrogen (secondary N) is 2. The Morgan fingerprint density at radius 1 is 1.11 bits per heavy atom. The number of halogens is 3. The molecule has 1 aliphatic carbocycles. The number of aromatic nitrogens is 5. The fraction of sp³-hybridized carbons (Fsp3) is 0.360. The van der Waals surface area contributed by atoms with Gasteiger partial charge in [-0.3, -0.25) is 9.78 Å². The van der Waals surface area contributed by atoms with Crippen molar-refractivity contribution in [3.8, 4) is 5.69 Å². The SMILES string of the molecule is O=c1c2cnc(Nc3ccc4c(c3)CNCC4)nc2n(-c2ccnc(C3CCC3)c2)n1CC(F)(F)F. The average Bonchev–Trinajstić information content (AvgIpc) is 3.07. The third kappa shape index (κ3) is 4.23. The Labute approximate surface area is 204 Å². The van der Waals surface area contributed by atoms with Crippen molar-refractivity contribution < 1.29 is 13.2 Å². The number of anilines is 2. The third-order valence-corrected chi connectivity index (χ3v) is 6.89. The molecule has 0 atom stereocenters. The lowest BCUT2D eigenvalue weighted by Crippen LogP contribution is -2.30. The molecule has 2 aliphatic rings. The van der Waals surface area contributed by atoms with E-state index in [9.17, 15) is 18.0 Å². The molecule has 11 heteroatoms. The Morgan fingerprint density at radius 2 is 1.97 bits per heavy atom. The van der Waals surface area contributed by atoms with Crippen LogP contribution in [0.1, 0.15) is 42.0 Å². The summed E-state index contributed by atoms with van der Waals surface area (Å²) in [6.45, 7) is 0.253. The van der Waals surface area contributed by atoms with Gasteiger partial charge in [0.2, 0.25) is 5.95 Å². The second kappa shape index (κ2) is 8.74. The fourth-order valence-electron chi connectivity index (χ4n) is 4.85. The zero-order chi connectivity index (χ0) is 24.9. The number of hydrogen-bond acceptors (Lipinski definition) is 6. The van der Waals surface area contributed by atoms with Gasteiger partial charge >= 0.3 is 6.18 Å². The van der Waals surface area contributed by atoms with Gasteiger partial charge < -0.3 is 10.6 Å². The highest BCUT2D eigenvalue weighted by molar-refractivity contribution is 5.77. The van der Waals surface area contributed by atoms with Crippen LogP contribution in [0, 0.1) is 0 Å². The monoisotopic (exact) mass is 495 g/mol. The summed E-state index contributed by atoms with van der Waals surface area (Å²) >= 11 is 0. The first-order valence-corrected chi connectivity index (χ1v) is 12.0. The van der Waals surface area contributed by atoms with Crippen molar-refractivity contribution in [1.29, 1.82) is 0 Å². The van der Waals surface area contributed by atoms with Crippen LogP contribution in [0.15, 0.2) is 47.5 Å². The highest BCUT2D eigenvalue weighted by Gasteiger charge is 2.32. The Kier molecular flexibility index (Phi) is 5.51. The number of hydrogen-bond donors (Lipinski definition) is 2. The number of nitrogens with zero attached hydrogens (tertiary/aromatic N) is 5. The normalized spacial score (nSPS) is 16.1. The van der Waals surface area contributed by atoms with Gasteiger partial charge in [0.05, 0.1) is 5.69 Å². The molecule has 0 bridgehead atoms. The maximum absolute atomic E-state index is 13.5. The van der Waals surface area contributed by atoms with Crippen LogP contribution in [0.3, 0.4) is 0 Å². The highest BCUT2D eigenvalue weighted by atomic mass is 19.4. The summed E-state index contributed by atoms with van der Waals surface area (Å²) in [5.74, 6) is 0.470. The van der Waals surface area contributed by atoms with Crippen LogP contribution < -0.4 is 16.2 Å². The van der Waals surface area contributed by atoms with E-state index in [0.29, 0.717) is 10.4 Å². The Morgan fingerprint density at radius 3 is 2.75 bits per heavy atom. The van der Waals surface area contributed by atoms with E-state index in [2.05, 4.69) is 25.6 Å². The van der Waals surface area contributed by atoms with Crippen molar-refractivity contribution in [3.63, 3.8) is 0 Å². The molecule has 4 aromatic rings. The maximum atomic E-state index is 13.5. The Hall–Kier alpha value is -3.73. The predicted octanol–water partition coefficient (Wildman–Crippen LogP) is 4.20. The quantitative estimate of drug-likeness (QED) is 0.432. The van der Waals surface area contributed by atoms with E-state index in [1.807, 2.05) is 18.2 Å². The molecule has 1 saturated carbocycles. The van der Waals surface area contributed by atoms with Gasteiger partial charge in [-0.1, -0.05) is 12.5 Å². The molecule has 8 nitrogen and oxygen atoms in total. The second-order valence-electron chi connectivity index (χ2n) is 9.32. The van der Waals surface area contributed by atoms with Crippen LogP contribution in [-0.2, 0) is 19.5 Å². The van der Waals surface area contributed by atoms with Gasteiger partial charge in [0.15, 0.2) is 5.65 Å². The maximum Gasteiger partial charge on any atom is 0.408 e. The van der Waals surface area contributed by atoms with Crippen LogP contribution in [0.4, 0.5) is 24.8 Å². The van der Waals surface area contributed by atoms with Crippen molar-refractivity contribution in [2.75, 3.05) is 11.9 Å². The minimum atomic E-state index is -4.59. The minimum Gasteiger partial charge on any atom is -0.324 e. The molecule has 4 heterocycles. The van der Waals surface area contributed by atoms with Crippen LogP contribution in [0.25, 0.3) is 16.7 Å². The van der Waals surface area contributed by atoms with Crippen molar-refractivity contribution in [1.82, 2.24) is 29.6 Å². The van der Waals surface area contributed by atoms with Gasteiger partial charge in [-0.2, -0.15) is 18.2 Å². The van der Waals surface area contributed by atoms with Gasteiger partial charge in [-0.25, -0.2) is 14.3 Å². The van der Waals surface area contributed by atoms with Crippen molar-refractivity contribution in [3.05, 3.63) is 69.9 Å². The van der Waals surface area contributed by atoms with E-state index in [0.717, 1.165) is 50.2 Å². The number of fused-ring (bicyclic) bond motifs is 2. The zero-order valence-electron chi connectivity index (χ0n) is 19.3. The molecule has 1 aliphatic heterocycles. The molecular weight excluding hydrogens is 471 g/mol. The summed E-state index contributed by atoms with van der Waals surface area (Å²) in [5, 5.41) is 6.49. The van der Waals surface area contributed by atoms with Gasteiger partial charge in [0, 0.05) is 36.2 Å². The lowest BCUT2D eigenvalue weighted by atomic mass is 9.82. The van der Waals surface area contributed by atoms with Crippen LogP contribution in [-0.4, -0.2) is 37.0 Å². The molecular formula is C25H24F3N7O. The molecule has 1 fully saturated rings. The van der Waals surface area contributed by atoms with Gasteiger partial charge in [0.25, 0.3) is 5.56 Å². The van der Waals surface area contributed by atoms with Crippen LogP contribution in [0.2, 0.25) is 0 Å². The second-order valence-corrected chi connectivity index (χ2v) is 9.32. The number of pyridine rings is 1. The number of benzene rings is 1. The van der Waals surface area contributed by atoms with E-state index >= 15 is 0 Å². The molecule has 2 N–H and O–H groups in total. The van der Waals surface area contributed by atoms with E-state index in [1.54, 1.807) is 18.3 Å². The molecule has 3 aromatic heterocycles. The van der Waals surface area contributed by atoms with E-state index < -0.39 is 18.3 Å². The average molecular weight is 496 g/mol. The molecule has 36 heavy (non-hydrogen) atoms. The number of alkyl halides is 3. The highest BCUT2D eigenvalue weighted by Crippen LogP contribution is 2.36. The fourth-order valence-corrected chi connectivity index (χ4v) is 4.85. The van der Waals surface area contributed by atoms with Crippen molar-refractivity contribution in [2.24, 2.45) is 0 Å². The first-order valence-electron chi connectivity index (χ1n) is 12.0. The van der Waals surface area contributed by atoms with Crippen LogP contribution >= 0.6 is 0 Å². The topological polar surface area (TPSA) is 89.7 Å². The molecule has 0 radical (unpaired) electrons. The van der Waals surface area contributed by atoms with Crippen molar-refractivity contribution in [2.45, 2.75) is 50.9 Å². The Bertz CT molecular complexity index is 1500. The van der Waals surface area contributed by atoms with Crippen molar-refractivity contribution >= 4 is 22.7 Å². The molecule has 0 amide bonds. The third-order valence-electron chi connectivity index (χ3n) is 6.89. The molecule has 1 aromatic carbocycles.